The Kier molecular flexibility index (Phi) is 6.16. The van der Waals surface area contributed by atoms with Crippen molar-refractivity contribution in [3.63, 3.8) is 0 Å². The molecule has 3 N–H and O–H groups in total. The van der Waals surface area contributed by atoms with Gasteiger partial charge < -0.3 is 15.7 Å². The number of amides is 3. The molecular weight excluding hydrogens is 396 g/mol. The monoisotopic (exact) mass is 422 g/mol. The van der Waals surface area contributed by atoms with Crippen molar-refractivity contribution in [2.75, 3.05) is 10.2 Å². The van der Waals surface area contributed by atoms with Gasteiger partial charge in [0.2, 0.25) is 5.91 Å². The first kappa shape index (κ1) is 20.8. The Hall–Kier alpha value is -3.42. The molecule has 162 valence electrons. The smallest absolute Gasteiger partial charge is 0.405 e. The first-order valence-electron chi connectivity index (χ1n) is 10.7. The molecule has 0 radical (unpaired) electrons. The summed E-state index contributed by atoms with van der Waals surface area (Å²) in [4.78, 5) is 44.1. The van der Waals surface area contributed by atoms with Crippen LogP contribution in [-0.4, -0.2) is 40.1 Å². The molecule has 31 heavy (non-hydrogen) atoms. The maximum atomic E-state index is 13.7. The molecule has 0 spiro atoms. The summed E-state index contributed by atoms with van der Waals surface area (Å²) in [5, 5.41) is 14.7. The van der Waals surface area contributed by atoms with E-state index in [1.807, 2.05) is 24.3 Å². The van der Waals surface area contributed by atoms with Gasteiger partial charge in [0, 0.05) is 18.3 Å². The third kappa shape index (κ3) is 4.52. The number of hydrogen-bond acceptors (Lipinski definition) is 4. The second-order valence-electron chi connectivity index (χ2n) is 8.09. The lowest BCUT2D eigenvalue weighted by atomic mass is 9.83. The first-order valence-corrected chi connectivity index (χ1v) is 10.7. The standard InChI is InChI=1S/C23H26N4O4/c28-21(25-17-11-5-2-6-12-17)18-14-16-10-7-13-24-20(16)27(18)22(29)19(26-23(30)31)15-8-3-1-4-9-15/h2,5-7,10-13,15,18-19,26H,1,3-4,8-9,14H2,(H,25,28)(H,30,31)/t18?,19-/m0/s1. The molecule has 2 heterocycles. The van der Waals surface area contributed by atoms with Crippen molar-refractivity contribution in [1.29, 1.82) is 0 Å². The highest BCUT2D eigenvalue weighted by atomic mass is 16.4. The van der Waals surface area contributed by atoms with Gasteiger partial charge in [-0.05, 0) is 42.5 Å². The molecule has 1 aliphatic carbocycles. The average Bonchev–Trinajstić information content (AvgIpc) is 3.18. The normalized spacial score (nSPS) is 19.4. The quantitative estimate of drug-likeness (QED) is 0.685. The maximum absolute atomic E-state index is 13.7. The molecule has 0 saturated heterocycles. The Balaban J connectivity index is 1.64. The van der Waals surface area contributed by atoms with Gasteiger partial charge in [-0.15, -0.1) is 0 Å². The first-order chi connectivity index (χ1) is 15.0. The van der Waals surface area contributed by atoms with Gasteiger partial charge in [0.1, 0.15) is 17.9 Å². The molecule has 1 saturated carbocycles. The SMILES string of the molecule is O=C(O)N[C@H](C(=O)N1c2ncccc2CC1C(=O)Nc1ccccc1)C1CCCCC1. The summed E-state index contributed by atoms with van der Waals surface area (Å²) in [6.45, 7) is 0. The highest BCUT2D eigenvalue weighted by Crippen LogP contribution is 2.34. The molecule has 1 aliphatic heterocycles. The van der Waals surface area contributed by atoms with Crippen LogP contribution in [0.15, 0.2) is 48.7 Å². The Morgan fingerprint density at radius 3 is 2.48 bits per heavy atom. The van der Waals surface area contributed by atoms with E-state index in [4.69, 9.17) is 0 Å². The number of carbonyl (C=O) groups excluding carboxylic acids is 2. The van der Waals surface area contributed by atoms with Crippen LogP contribution in [0.2, 0.25) is 0 Å². The predicted octanol–water partition coefficient (Wildman–Crippen LogP) is 3.19. The van der Waals surface area contributed by atoms with E-state index in [1.54, 1.807) is 24.4 Å². The van der Waals surface area contributed by atoms with Crippen LogP contribution in [0.3, 0.4) is 0 Å². The zero-order valence-electron chi connectivity index (χ0n) is 17.2. The number of carboxylic acid groups (broad SMARTS) is 1. The summed E-state index contributed by atoms with van der Waals surface area (Å²) in [5.41, 5.74) is 1.43. The van der Waals surface area contributed by atoms with Crippen LogP contribution in [0.5, 0.6) is 0 Å². The van der Waals surface area contributed by atoms with Crippen LogP contribution < -0.4 is 15.5 Å². The number of fused-ring (bicyclic) bond motifs is 1. The fourth-order valence-electron chi connectivity index (χ4n) is 4.60. The van der Waals surface area contributed by atoms with E-state index >= 15 is 0 Å². The van der Waals surface area contributed by atoms with E-state index < -0.39 is 24.1 Å². The minimum absolute atomic E-state index is 0.0945. The second-order valence-corrected chi connectivity index (χ2v) is 8.09. The molecule has 1 aromatic heterocycles. The van der Waals surface area contributed by atoms with Gasteiger partial charge in [0.15, 0.2) is 0 Å². The molecule has 4 rings (SSSR count). The molecule has 0 bridgehead atoms. The Morgan fingerprint density at radius 2 is 1.77 bits per heavy atom. The zero-order chi connectivity index (χ0) is 21.8. The van der Waals surface area contributed by atoms with Crippen LogP contribution in [0.1, 0.15) is 37.7 Å². The molecule has 1 fully saturated rings. The molecule has 2 aliphatic rings. The largest absolute Gasteiger partial charge is 0.465 e. The molecule has 3 amide bonds. The topological polar surface area (TPSA) is 112 Å². The summed E-state index contributed by atoms with van der Waals surface area (Å²) in [6, 6.07) is 11.0. The number of aromatic nitrogens is 1. The van der Waals surface area contributed by atoms with Crippen LogP contribution in [0, 0.1) is 5.92 Å². The van der Waals surface area contributed by atoms with E-state index in [0.717, 1.165) is 37.7 Å². The highest BCUT2D eigenvalue weighted by Gasteiger charge is 2.44. The van der Waals surface area contributed by atoms with E-state index in [1.165, 1.54) is 4.90 Å². The van der Waals surface area contributed by atoms with E-state index in [2.05, 4.69) is 15.6 Å². The second kappa shape index (κ2) is 9.16. The van der Waals surface area contributed by atoms with Gasteiger partial charge in [-0.2, -0.15) is 0 Å². The number of anilines is 2. The molecule has 2 atom stereocenters. The summed E-state index contributed by atoms with van der Waals surface area (Å²) in [6.07, 6.45) is 5.23. The number of para-hydroxylation sites is 1. The fraction of sp³-hybridized carbons (Fsp3) is 0.391. The number of nitrogens with zero attached hydrogens (tertiary/aromatic N) is 2. The predicted molar refractivity (Wildman–Crippen MR) is 116 cm³/mol. The minimum Gasteiger partial charge on any atom is -0.465 e. The van der Waals surface area contributed by atoms with Crippen LogP contribution in [-0.2, 0) is 16.0 Å². The number of rotatable bonds is 5. The van der Waals surface area contributed by atoms with Gasteiger partial charge in [-0.25, -0.2) is 9.78 Å². The van der Waals surface area contributed by atoms with E-state index in [0.29, 0.717) is 17.9 Å². The van der Waals surface area contributed by atoms with Gasteiger partial charge in [-0.1, -0.05) is 43.5 Å². The van der Waals surface area contributed by atoms with Crippen molar-refractivity contribution in [3.05, 3.63) is 54.2 Å². The van der Waals surface area contributed by atoms with E-state index in [-0.39, 0.29) is 11.8 Å². The van der Waals surface area contributed by atoms with Gasteiger partial charge in [-0.3, -0.25) is 14.5 Å². The zero-order valence-corrected chi connectivity index (χ0v) is 17.2. The van der Waals surface area contributed by atoms with Crippen molar-refractivity contribution in [2.45, 2.75) is 50.6 Å². The number of benzene rings is 1. The average molecular weight is 422 g/mol. The van der Waals surface area contributed by atoms with Crippen LogP contribution >= 0.6 is 0 Å². The Morgan fingerprint density at radius 1 is 1.03 bits per heavy atom. The highest BCUT2D eigenvalue weighted by molar-refractivity contribution is 6.08. The van der Waals surface area contributed by atoms with Gasteiger partial charge in [0.25, 0.3) is 5.91 Å². The van der Waals surface area contributed by atoms with Crippen molar-refractivity contribution < 1.29 is 19.5 Å². The summed E-state index contributed by atoms with van der Waals surface area (Å²) in [5.74, 6) is -0.410. The Bertz CT molecular complexity index is 959. The van der Waals surface area contributed by atoms with Crippen LogP contribution in [0.25, 0.3) is 0 Å². The van der Waals surface area contributed by atoms with Crippen molar-refractivity contribution in [2.24, 2.45) is 5.92 Å². The lowest BCUT2D eigenvalue weighted by Gasteiger charge is -2.33. The van der Waals surface area contributed by atoms with Crippen molar-refractivity contribution in [1.82, 2.24) is 10.3 Å². The molecule has 1 unspecified atom stereocenters. The van der Waals surface area contributed by atoms with Crippen molar-refractivity contribution in [3.8, 4) is 0 Å². The molecule has 8 nitrogen and oxygen atoms in total. The summed E-state index contributed by atoms with van der Waals surface area (Å²) < 4.78 is 0. The maximum Gasteiger partial charge on any atom is 0.405 e. The fourth-order valence-corrected chi connectivity index (χ4v) is 4.60. The number of pyridine rings is 1. The number of nitrogens with one attached hydrogen (secondary N) is 2. The summed E-state index contributed by atoms with van der Waals surface area (Å²) >= 11 is 0. The lowest BCUT2D eigenvalue weighted by molar-refractivity contribution is -0.125. The van der Waals surface area contributed by atoms with Crippen LogP contribution in [0.4, 0.5) is 16.3 Å². The van der Waals surface area contributed by atoms with E-state index in [9.17, 15) is 19.5 Å². The molecule has 2 aromatic rings. The molecular formula is C23H26N4O4. The van der Waals surface area contributed by atoms with Crippen molar-refractivity contribution >= 4 is 29.4 Å². The van der Waals surface area contributed by atoms with Gasteiger partial charge in [0.05, 0.1) is 0 Å². The molecule has 8 heteroatoms. The third-order valence-electron chi connectivity index (χ3n) is 6.07. The minimum atomic E-state index is -1.24. The summed E-state index contributed by atoms with van der Waals surface area (Å²) in [7, 11) is 0. The Labute approximate surface area is 180 Å². The lowest BCUT2D eigenvalue weighted by Crippen LogP contribution is -2.56. The van der Waals surface area contributed by atoms with Gasteiger partial charge >= 0.3 is 6.09 Å². The third-order valence-corrected chi connectivity index (χ3v) is 6.07. The molecule has 1 aromatic carbocycles. The number of carbonyl (C=O) groups is 3. The number of hydrogen-bond donors (Lipinski definition) is 3.